The molecule has 11 heavy (non-hydrogen) atoms. The average Bonchev–Trinajstić information content (AvgIpc) is 1.87. The van der Waals surface area contributed by atoms with Gasteiger partial charge in [0.15, 0.2) is 6.42 Å². The van der Waals surface area contributed by atoms with Crippen LogP contribution in [-0.4, -0.2) is 11.9 Å². The molecule has 0 aromatic heterocycles. The summed E-state index contributed by atoms with van der Waals surface area (Å²) in [5, 5.41) is 0. The number of carbonyl (C=O) groups excluding carboxylic acids is 2. The molecule has 0 aromatic rings. The fourth-order valence-corrected chi connectivity index (χ4v) is 0.766. The van der Waals surface area contributed by atoms with Gasteiger partial charge in [0, 0.05) is 0 Å². The molecule has 6 nitrogen and oxygen atoms in total. The molecule has 0 rings (SSSR count). The second-order valence-corrected chi connectivity index (χ2v) is 2.38. The molecule has 0 saturated heterocycles. The first kappa shape index (κ1) is 10.8. The predicted octanol–water partition coefficient (Wildman–Crippen LogP) is -2.99. The topological polar surface area (TPSA) is 98.7 Å². The summed E-state index contributed by atoms with van der Waals surface area (Å²) >= 11 is -2.54. The van der Waals surface area contributed by atoms with Crippen LogP contribution in [0.25, 0.3) is 0 Å². The van der Waals surface area contributed by atoms with E-state index in [2.05, 4.69) is 7.66 Å². The van der Waals surface area contributed by atoms with Crippen molar-refractivity contribution in [1.82, 2.24) is 0 Å². The van der Waals surface area contributed by atoms with Gasteiger partial charge in [-0.3, -0.25) is 0 Å². The standard InChI is InChI=1S/C3H2Br2O6/c6-2(10-4-8)1-3(7)11-5-9/h1H2. The van der Waals surface area contributed by atoms with Crippen LogP contribution in [0.5, 0.6) is 0 Å². The van der Waals surface area contributed by atoms with Crippen molar-refractivity contribution in [2.45, 2.75) is 6.42 Å². The lowest BCUT2D eigenvalue weighted by Crippen LogP contribution is -2.18. The summed E-state index contributed by atoms with van der Waals surface area (Å²) < 4.78 is 27.1. The van der Waals surface area contributed by atoms with E-state index in [0.29, 0.717) is 0 Å². The van der Waals surface area contributed by atoms with E-state index in [1.807, 2.05) is 0 Å². The number of carbonyl (C=O) groups is 2. The lowest BCUT2D eigenvalue weighted by molar-refractivity contribution is -1.26. The quantitative estimate of drug-likeness (QED) is 0.513. The second kappa shape index (κ2) is 6.53. The van der Waals surface area contributed by atoms with Gasteiger partial charge in [0.05, 0.1) is 0 Å². The van der Waals surface area contributed by atoms with Gasteiger partial charge in [-0.1, -0.05) is 0 Å². The zero-order valence-electron chi connectivity index (χ0n) is 4.91. The maximum Gasteiger partial charge on any atom is 0.484 e. The molecule has 0 saturated carbocycles. The van der Waals surface area contributed by atoms with Crippen molar-refractivity contribution >= 4 is 11.9 Å². The first-order chi connectivity index (χ1) is 5.20. The van der Waals surface area contributed by atoms with Gasteiger partial charge in [-0.2, -0.15) is 0 Å². The highest BCUT2D eigenvalue weighted by atomic mass is 79.9. The normalized spacial score (nSPS) is 8.91. The van der Waals surface area contributed by atoms with Crippen LogP contribution in [0.2, 0.25) is 0 Å². The van der Waals surface area contributed by atoms with Crippen LogP contribution in [0.4, 0.5) is 0 Å². The van der Waals surface area contributed by atoms with Crippen LogP contribution >= 0.6 is 0 Å². The van der Waals surface area contributed by atoms with E-state index in [1.54, 1.807) is 0 Å². The largest absolute Gasteiger partial charge is 0.541 e. The van der Waals surface area contributed by atoms with Crippen molar-refractivity contribution in [3.05, 3.63) is 0 Å². The van der Waals surface area contributed by atoms with Crippen LogP contribution in [-0.2, 0) is 17.2 Å². The maximum atomic E-state index is 10.3. The number of rotatable bonds is 4. The molecule has 0 aliphatic carbocycles. The van der Waals surface area contributed by atoms with Gasteiger partial charge in [0.2, 0.25) is 0 Å². The van der Waals surface area contributed by atoms with Gasteiger partial charge in [0.1, 0.15) is 0 Å². The van der Waals surface area contributed by atoms with E-state index in [0.717, 1.165) is 0 Å². The van der Waals surface area contributed by atoms with E-state index in [4.69, 9.17) is 0 Å². The number of hydrogen-bond acceptors (Lipinski definition) is 6. The summed E-state index contributed by atoms with van der Waals surface area (Å²) in [6, 6.07) is 0. The van der Waals surface area contributed by atoms with E-state index in [1.165, 1.54) is 0 Å². The molecule has 0 N–H and O–H groups in total. The van der Waals surface area contributed by atoms with Gasteiger partial charge < -0.3 is 8.40 Å². The lowest BCUT2D eigenvalue weighted by atomic mass is 10.5. The molecule has 0 aromatic carbocycles. The maximum absolute atomic E-state index is 10.3. The Kier molecular flexibility index (Phi) is 6.42. The third-order valence-electron chi connectivity index (χ3n) is 0.524. The molecule has 0 atom stereocenters. The molecule has 0 radical (unpaired) electrons. The molecule has 0 aliphatic heterocycles. The van der Waals surface area contributed by atoms with Gasteiger partial charge >= 0.3 is 43.0 Å². The van der Waals surface area contributed by atoms with Gasteiger partial charge in [-0.15, -0.1) is 0 Å². The van der Waals surface area contributed by atoms with Crippen molar-refractivity contribution < 1.29 is 56.7 Å². The van der Waals surface area contributed by atoms with E-state index in [9.17, 15) is 18.0 Å². The molecular weight excluding hydrogens is 292 g/mol. The second-order valence-electron chi connectivity index (χ2n) is 1.20. The fraction of sp³-hybridized carbons (Fsp3) is 0.333. The third kappa shape index (κ3) is 6.23. The highest BCUT2D eigenvalue weighted by molar-refractivity contribution is 5.90. The molecule has 0 fully saturated rings. The Hall–Kier alpha value is -0.180. The minimum absolute atomic E-state index is 0.674. The van der Waals surface area contributed by atoms with Crippen LogP contribution in [0.3, 0.4) is 0 Å². The van der Waals surface area contributed by atoms with E-state index >= 15 is 0 Å². The molecular formula is C3H2Br2O6. The highest BCUT2D eigenvalue weighted by Crippen LogP contribution is 1.89. The fourth-order valence-electron chi connectivity index (χ4n) is 0.243. The van der Waals surface area contributed by atoms with Crippen molar-refractivity contribution in [1.29, 1.82) is 0 Å². The smallest absolute Gasteiger partial charge is 0.484 e. The Labute approximate surface area is 75.4 Å². The van der Waals surface area contributed by atoms with Crippen LogP contribution < -0.4 is 8.40 Å². The lowest BCUT2D eigenvalue weighted by Gasteiger charge is -1.87. The van der Waals surface area contributed by atoms with Crippen molar-refractivity contribution in [3.8, 4) is 0 Å². The van der Waals surface area contributed by atoms with Crippen molar-refractivity contribution in [2.24, 2.45) is 0 Å². The summed E-state index contributed by atoms with van der Waals surface area (Å²) in [5.74, 6) is -1.94. The van der Waals surface area contributed by atoms with Crippen molar-refractivity contribution in [3.63, 3.8) is 0 Å². The highest BCUT2D eigenvalue weighted by Gasteiger charge is 2.19. The molecule has 64 valence electrons. The Morgan fingerprint density at radius 2 is 1.45 bits per heavy atom. The summed E-state index contributed by atoms with van der Waals surface area (Å²) in [5.41, 5.74) is 0. The first-order valence-corrected chi connectivity index (χ1v) is 4.73. The molecule has 0 unspecified atom stereocenters. The first-order valence-electron chi connectivity index (χ1n) is 2.14. The molecule has 0 heterocycles. The third-order valence-corrected chi connectivity index (χ3v) is 1.51. The predicted molar refractivity (Wildman–Crippen MR) is 16.8 cm³/mol. The summed E-state index contributed by atoms with van der Waals surface area (Å²) in [6.07, 6.45) is -0.674. The Bertz CT molecular complexity index is 131. The number of hydrogen-bond donors (Lipinski definition) is 0. The van der Waals surface area contributed by atoms with E-state index < -0.39 is 49.4 Å². The zero-order chi connectivity index (χ0) is 8.69. The Morgan fingerprint density at radius 1 is 1.09 bits per heavy atom. The van der Waals surface area contributed by atoms with Crippen LogP contribution in [0, 0.1) is 31.1 Å². The summed E-state index contributed by atoms with van der Waals surface area (Å²) in [7, 11) is 0. The molecule has 8 heteroatoms. The van der Waals surface area contributed by atoms with Crippen LogP contribution in [0.15, 0.2) is 0 Å². The van der Waals surface area contributed by atoms with Gasteiger partial charge in [0.25, 0.3) is 0 Å². The minimum Gasteiger partial charge on any atom is -0.541 e. The Balaban J connectivity index is 3.49. The van der Waals surface area contributed by atoms with E-state index in [-0.39, 0.29) is 0 Å². The summed E-state index contributed by atoms with van der Waals surface area (Å²) in [4.78, 5) is 20.6. The van der Waals surface area contributed by atoms with Crippen molar-refractivity contribution in [2.75, 3.05) is 0 Å². The molecule has 0 aliphatic rings. The SMILES string of the molecule is O=C(CC(=O)O[Br+][O-])O[Br+][O-]. The summed E-state index contributed by atoms with van der Waals surface area (Å²) in [6.45, 7) is 0. The molecule has 0 spiro atoms. The average molecular weight is 294 g/mol. The zero-order valence-corrected chi connectivity index (χ0v) is 8.08. The Morgan fingerprint density at radius 3 is 1.73 bits per heavy atom. The van der Waals surface area contributed by atoms with Crippen LogP contribution in [0.1, 0.15) is 6.42 Å². The minimum atomic E-state index is -1.27. The number of halogens is 2. The monoisotopic (exact) mass is 292 g/mol. The van der Waals surface area contributed by atoms with Gasteiger partial charge in [-0.25, -0.2) is 17.2 Å². The molecule has 0 bridgehead atoms. The molecule has 0 amide bonds. The van der Waals surface area contributed by atoms with Gasteiger partial charge in [-0.05, 0) is 0 Å².